The predicted molar refractivity (Wildman–Crippen MR) is 140 cm³/mol. The largest absolute Gasteiger partial charge is 0.479 e. The molecule has 0 radical (unpaired) electrons. The molecule has 3 aromatic carbocycles. The van der Waals surface area contributed by atoms with Gasteiger partial charge in [-0.25, -0.2) is 9.59 Å². The number of fused-ring (bicyclic) bond motifs is 3. The Labute approximate surface area is 212 Å². The number of carbonyl (C=O) groups excluding carboxylic acids is 1. The van der Waals surface area contributed by atoms with E-state index in [0.717, 1.165) is 27.9 Å². The molecule has 2 aliphatic rings. The third-order valence-corrected chi connectivity index (χ3v) is 7.62. The van der Waals surface area contributed by atoms with E-state index in [1.54, 1.807) is 0 Å². The van der Waals surface area contributed by atoms with E-state index in [-0.39, 0.29) is 18.6 Å². The number of para-hydroxylation sites is 1. The lowest BCUT2D eigenvalue weighted by Gasteiger charge is -2.47. The molecule has 1 amide bonds. The first kappa shape index (κ1) is 23.9. The molecule has 5 rings (SSSR count). The van der Waals surface area contributed by atoms with Gasteiger partial charge in [0, 0.05) is 30.7 Å². The van der Waals surface area contributed by atoms with E-state index in [1.807, 2.05) is 68.4 Å². The summed E-state index contributed by atoms with van der Waals surface area (Å²) in [5.41, 5.74) is 4.34. The number of carboxylic acids is 1. The van der Waals surface area contributed by atoms with Crippen LogP contribution >= 0.6 is 0 Å². The summed E-state index contributed by atoms with van der Waals surface area (Å²) >= 11 is 0. The first-order valence-corrected chi connectivity index (χ1v) is 12.6. The molecule has 1 heterocycles. The van der Waals surface area contributed by atoms with Crippen molar-refractivity contribution in [1.29, 1.82) is 0 Å². The van der Waals surface area contributed by atoms with Crippen LogP contribution in [0.25, 0.3) is 11.1 Å². The van der Waals surface area contributed by atoms with Gasteiger partial charge in [0.15, 0.2) is 0 Å². The Morgan fingerprint density at radius 2 is 1.44 bits per heavy atom. The minimum atomic E-state index is -1.30. The molecular weight excluding hydrogens is 452 g/mol. The van der Waals surface area contributed by atoms with Gasteiger partial charge in [-0.3, -0.25) is 4.90 Å². The summed E-state index contributed by atoms with van der Waals surface area (Å²) in [4.78, 5) is 29.9. The highest BCUT2D eigenvalue weighted by molar-refractivity contribution is 5.85. The van der Waals surface area contributed by atoms with Gasteiger partial charge in [-0.05, 0) is 61.1 Å². The Hall–Kier alpha value is -3.80. The number of carbonyl (C=O) groups is 2. The van der Waals surface area contributed by atoms with Gasteiger partial charge in [-0.15, -0.1) is 0 Å². The van der Waals surface area contributed by atoms with E-state index < -0.39 is 17.6 Å². The van der Waals surface area contributed by atoms with E-state index in [0.29, 0.717) is 25.9 Å². The monoisotopic (exact) mass is 484 g/mol. The molecule has 1 fully saturated rings. The van der Waals surface area contributed by atoms with E-state index in [9.17, 15) is 14.7 Å². The van der Waals surface area contributed by atoms with Crippen LogP contribution in [-0.4, -0.2) is 53.3 Å². The zero-order chi connectivity index (χ0) is 25.3. The van der Waals surface area contributed by atoms with E-state index in [2.05, 4.69) is 29.2 Å². The van der Waals surface area contributed by atoms with Gasteiger partial charge in [0.1, 0.15) is 12.1 Å². The molecule has 1 aliphatic heterocycles. The second-order valence-electron chi connectivity index (χ2n) is 9.93. The van der Waals surface area contributed by atoms with Crippen LogP contribution in [0, 0.1) is 0 Å². The molecule has 1 saturated heterocycles. The number of hydrogen-bond donors (Lipinski definition) is 1. The molecule has 186 valence electrons. The average Bonchev–Trinajstić information content (AvgIpc) is 3.22. The fourth-order valence-corrected chi connectivity index (χ4v) is 5.87. The molecule has 6 nitrogen and oxygen atoms in total. The summed E-state index contributed by atoms with van der Waals surface area (Å²) in [6, 6.07) is 26.0. The Morgan fingerprint density at radius 1 is 0.917 bits per heavy atom. The molecule has 6 heteroatoms. The summed E-state index contributed by atoms with van der Waals surface area (Å²) in [6.07, 6.45) is 0.0987. The number of benzene rings is 3. The number of aliphatic carboxylic acids is 1. The SMILES string of the molecule is CC(C)N(C(=O)OCC1c2ccccc2-c2ccccc21)C1(C(=O)O)CCN(c2ccccc2)CC1. The Balaban J connectivity index is 1.35. The quantitative estimate of drug-likeness (QED) is 0.481. The lowest BCUT2D eigenvalue weighted by atomic mass is 9.84. The molecular formula is C30H32N2O4. The maximum atomic E-state index is 13.6. The predicted octanol–water partition coefficient (Wildman–Crippen LogP) is 5.77. The van der Waals surface area contributed by atoms with Crippen molar-refractivity contribution >= 4 is 17.7 Å². The number of piperidine rings is 1. The van der Waals surface area contributed by atoms with Crippen molar-refractivity contribution in [2.75, 3.05) is 24.6 Å². The third kappa shape index (κ3) is 4.11. The minimum Gasteiger partial charge on any atom is -0.479 e. The van der Waals surface area contributed by atoms with Crippen molar-refractivity contribution in [3.63, 3.8) is 0 Å². The number of nitrogens with zero attached hydrogens (tertiary/aromatic N) is 2. The van der Waals surface area contributed by atoms with Crippen molar-refractivity contribution < 1.29 is 19.4 Å². The number of hydrogen-bond acceptors (Lipinski definition) is 4. The summed E-state index contributed by atoms with van der Waals surface area (Å²) in [5, 5.41) is 10.4. The normalized spacial score (nSPS) is 16.4. The molecule has 0 bridgehead atoms. The Kier molecular flexibility index (Phi) is 6.44. The molecule has 0 saturated carbocycles. The van der Waals surface area contributed by atoms with Gasteiger partial charge in [0.2, 0.25) is 0 Å². The topological polar surface area (TPSA) is 70.1 Å². The summed E-state index contributed by atoms with van der Waals surface area (Å²) in [7, 11) is 0. The summed E-state index contributed by atoms with van der Waals surface area (Å²) < 4.78 is 5.91. The smallest absolute Gasteiger partial charge is 0.410 e. The average molecular weight is 485 g/mol. The molecule has 0 aromatic heterocycles. The second kappa shape index (κ2) is 9.69. The van der Waals surface area contributed by atoms with Crippen molar-refractivity contribution in [2.45, 2.75) is 44.2 Å². The number of amides is 1. The van der Waals surface area contributed by atoms with Gasteiger partial charge in [0.05, 0.1) is 0 Å². The molecule has 1 aliphatic carbocycles. The zero-order valence-corrected chi connectivity index (χ0v) is 20.8. The first-order valence-electron chi connectivity index (χ1n) is 12.6. The van der Waals surface area contributed by atoms with Crippen LogP contribution < -0.4 is 4.90 Å². The van der Waals surface area contributed by atoms with Crippen LogP contribution in [0.1, 0.15) is 43.7 Å². The van der Waals surface area contributed by atoms with Crippen LogP contribution in [0.4, 0.5) is 10.5 Å². The lowest BCUT2D eigenvalue weighted by molar-refractivity contribution is -0.153. The molecule has 0 unspecified atom stereocenters. The van der Waals surface area contributed by atoms with Crippen LogP contribution in [-0.2, 0) is 9.53 Å². The van der Waals surface area contributed by atoms with Gasteiger partial charge in [-0.1, -0.05) is 66.7 Å². The van der Waals surface area contributed by atoms with Gasteiger partial charge < -0.3 is 14.7 Å². The molecule has 3 aromatic rings. The summed E-state index contributed by atoms with van der Waals surface area (Å²) in [5.74, 6) is -1.05. The van der Waals surface area contributed by atoms with Crippen molar-refractivity contribution in [1.82, 2.24) is 4.90 Å². The second-order valence-corrected chi connectivity index (χ2v) is 9.93. The van der Waals surface area contributed by atoms with E-state index in [1.165, 1.54) is 4.90 Å². The fourth-order valence-electron chi connectivity index (χ4n) is 5.87. The van der Waals surface area contributed by atoms with Gasteiger partial charge in [-0.2, -0.15) is 0 Å². The Morgan fingerprint density at radius 3 is 1.97 bits per heavy atom. The number of rotatable bonds is 6. The minimum absolute atomic E-state index is 0.0731. The highest BCUT2D eigenvalue weighted by atomic mass is 16.6. The first-order chi connectivity index (χ1) is 17.4. The Bertz CT molecular complexity index is 1200. The zero-order valence-electron chi connectivity index (χ0n) is 20.8. The summed E-state index contributed by atoms with van der Waals surface area (Å²) in [6.45, 7) is 4.99. The molecule has 1 N–H and O–H groups in total. The maximum absolute atomic E-state index is 13.6. The fraction of sp³-hybridized carbons (Fsp3) is 0.333. The molecule has 36 heavy (non-hydrogen) atoms. The molecule has 0 spiro atoms. The van der Waals surface area contributed by atoms with Gasteiger partial charge in [0.25, 0.3) is 0 Å². The van der Waals surface area contributed by atoms with E-state index >= 15 is 0 Å². The van der Waals surface area contributed by atoms with E-state index in [4.69, 9.17) is 4.74 Å². The van der Waals surface area contributed by atoms with Crippen LogP contribution in [0.15, 0.2) is 78.9 Å². The standard InChI is InChI=1S/C30H32N2O4/c1-21(2)32(30(28(33)34)16-18-31(19-17-30)22-10-4-3-5-11-22)29(35)36-20-27-25-14-8-6-12-23(25)24-13-7-9-15-26(24)27/h3-15,21,27H,16-20H2,1-2H3,(H,33,34). The number of ether oxygens (including phenoxy) is 1. The number of anilines is 1. The van der Waals surface area contributed by atoms with Crippen molar-refractivity contribution in [2.24, 2.45) is 0 Å². The van der Waals surface area contributed by atoms with Crippen LogP contribution in [0.3, 0.4) is 0 Å². The molecule has 0 atom stereocenters. The maximum Gasteiger partial charge on any atom is 0.410 e. The highest BCUT2D eigenvalue weighted by Crippen LogP contribution is 2.44. The third-order valence-electron chi connectivity index (χ3n) is 7.62. The number of carboxylic acid groups (broad SMARTS) is 1. The van der Waals surface area contributed by atoms with Crippen molar-refractivity contribution in [3.8, 4) is 11.1 Å². The van der Waals surface area contributed by atoms with Crippen LogP contribution in [0.5, 0.6) is 0 Å². The van der Waals surface area contributed by atoms with Crippen LogP contribution in [0.2, 0.25) is 0 Å². The highest BCUT2D eigenvalue weighted by Gasteiger charge is 2.50. The lowest BCUT2D eigenvalue weighted by Crippen LogP contribution is -2.64. The van der Waals surface area contributed by atoms with Gasteiger partial charge >= 0.3 is 12.1 Å². The van der Waals surface area contributed by atoms with Crippen molar-refractivity contribution in [3.05, 3.63) is 90.0 Å².